The van der Waals surface area contributed by atoms with Gasteiger partial charge in [-0.25, -0.2) is 4.79 Å². The Morgan fingerprint density at radius 2 is 1.45 bits per heavy atom. The molecule has 2 aliphatic rings. The number of carbonyl (C=O) groups excluding carboxylic acids is 2. The smallest absolute Gasteiger partial charge is 0.315 e. The van der Waals surface area contributed by atoms with Gasteiger partial charge in [0.05, 0.1) is 7.11 Å². The lowest BCUT2D eigenvalue weighted by molar-refractivity contribution is -0.136. The average Bonchev–Trinajstić information content (AvgIpc) is 2.81. The van der Waals surface area contributed by atoms with E-state index in [2.05, 4.69) is 41.5 Å². The molecule has 0 radical (unpaired) electrons. The first-order valence-electron chi connectivity index (χ1n) is 11.8. The topological polar surface area (TPSA) is 73.9 Å². The van der Waals surface area contributed by atoms with Crippen LogP contribution in [0.5, 0.6) is 5.75 Å². The van der Waals surface area contributed by atoms with Crippen molar-refractivity contribution in [2.45, 2.75) is 64.5 Å². The van der Waals surface area contributed by atoms with Crippen molar-refractivity contribution < 1.29 is 14.3 Å². The predicted molar refractivity (Wildman–Crippen MR) is 124 cm³/mol. The monoisotopic (exact) mass is 430 g/mol. The quantitative estimate of drug-likeness (QED) is 0.695. The van der Waals surface area contributed by atoms with E-state index < -0.39 is 0 Å². The molecule has 7 heteroatoms. The Morgan fingerprint density at radius 3 is 1.94 bits per heavy atom. The molecule has 0 bridgehead atoms. The van der Waals surface area contributed by atoms with E-state index in [4.69, 9.17) is 4.74 Å². The third-order valence-corrected chi connectivity index (χ3v) is 6.74. The first-order valence-corrected chi connectivity index (χ1v) is 11.8. The lowest BCUT2D eigenvalue weighted by Gasteiger charge is -2.36. The highest BCUT2D eigenvalue weighted by atomic mass is 16.5. The summed E-state index contributed by atoms with van der Waals surface area (Å²) >= 11 is 0. The minimum Gasteiger partial charge on any atom is -0.497 e. The molecule has 31 heavy (non-hydrogen) atoms. The Labute approximate surface area is 186 Å². The van der Waals surface area contributed by atoms with Gasteiger partial charge in [-0.15, -0.1) is 0 Å². The van der Waals surface area contributed by atoms with E-state index in [1.165, 1.54) is 5.69 Å². The molecule has 0 spiro atoms. The van der Waals surface area contributed by atoms with E-state index in [0.29, 0.717) is 0 Å². The fraction of sp³-hybridized carbons (Fsp3) is 0.667. The summed E-state index contributed by atoms with van der Waals surface area (Å²) in [5, 5.41) is 6.27. The second kappa shape index (κ2) is 11.3. The van der Waals surface area contributed by atoms with Crippen molar-refractivity contribution in [3.8, 4) is 5.75 Å². The number of amides is 3. The Morgan fingerprint density at radius 1 is 0.935 bits per heavy atom. The number of nitrogens with zero attached hydrogens (tertiary/aromatic N) is 2. The molecule has 1 aromatic carbocycles. The van der Waals surface area contributed by atoms with Gasteiger partial charge in [-0.05, 0) is 62.8 Å². The molecule has 0 aromatic heterocycles. The fourth-order valence-electron chi connectivity index (χ4n) is 4.63. The summed E-state index contributed by atoms with van der Waals surface area (Å²) in [6, 6.07) is 8.40. The summed E-state index contributed by atoms with van der Waals surface area (Å²) in [5.41, 5.74) is 1.19. The van der Waals surface area contributed by atoms with Gasteiger partial charge in [0, 0.05) is 49.9 Å². The molecule has 2 aliphatic heterocycles. The second-order valence-corrected chi connectivity index (χ2v) is 8.69. The Bertz CT molecular complexity index is 704. The highest BCUT2D eigenvalue weighted by molar-refractivity contribution is 5.79. The molecule has 2 heterocycles. The number of hydrogen-bond donors (Lipinski definition) is 2. The summed E-state index contributed by atoms with van der Waals surface area (Å²) in [6.07, 6.45) is 5.31. The van der Waals surface area contributed by atoms with Crippen LogP contribution in [0, 0.1) is 5.92 Å². The van der Waals surface area contributed by atoms with Gasteiger partial charge in [0.1, 0.15) is 5.75 Å². The molecular formula is C24H38N4O3. The number of rotatable bonds is 7. The van der Waals surface area contributed by atoms with Crippen molar-refractivity contribution in [3.05, 3.63) is 24.3 Å². The Kier molecular flexibility index (Phi) is 8.43. The zero-order valence-corrected chi connectivity index (χ0v) is 19.2. The maximum absolute atomic E-state index is 12.5. The maximum atomic E-state index is 12.5. The van der Waals surface area contributed by atoms with E-state index in [9.17, 15) is 9.59 Å². The van der Waals surface area contributed by atoms with Crippen LogP contribution in [0.4, 0.5) is 10.5 Å². The van der Waals surface area contributed by atoms with E-state index in [1.54, 1.807) is 7.11 Å². The SMILES string of the molecule is CCC(CC)C(=O)N1CCC(NC(=O)NC2CCN(c3ccc(OC)cc3)CC2)CC1. The maximum Gasteiger partial charge on any atom is 0.315 e. The van der Waals surface area contributed by atoms with Crippen LogP contribution in [-0.2, 0) is 4.79 Å². The lowest BCUT2D eigenvalue weighted by atomic mass is 9.98. The highest BCUT2D eigenvalue weighted by Gasteiger charge is 2.28. The first kappa shape index (κ1) is 23.2. The molecule has 7 nitrogen and oxygen atoms in total. The van der Waals surface area contributed by atoms with Gasteiger partial charge in [-0.2, -0.15) is 0 Å². The van der Waals surface area contributed by atoms with Gasteiger partial charge in [0.2, 0.25) is 5.91 Å². The first-order chi connectivity index (χ1) is 15.0. The van der Waals surface area contributed by atoms with Crippen molar-refractivity contribution in [1.82, 2.24) is 15.5 Å². The molecule has 1 aromatic rings. The Balaban J connectivity index is 1.36. The molecule has 2 N–H and O–H groups in total. The van der Waals surface area contributed by atoms with Gasteiger partial charge in [-0.3, -0.25) is 4.79 Å². The summed E-state index contributed by atoms with van der Waals surface area (Å²) in [6.45, 7) is 7.47. The van der Waals surface area contributed by atoms with Crippen LogP contribution in [0.2, 0.25) is 0 Å². The molecule has 0 saturated carbocycles. The van der Waals surface area contributed by atoms with E-state index >= 15 is 0 Å². The molecule has 0 unspecified atom stereocenters. The number of piperidine rings is 2. The number of ether oxygens (including phenoxy) is 1. The molecule has 3 rings (SSSR count). The van der Waals surface area contributed by atoms with Crippen LogP contribution in [0.25, 0.3) is 0 Å². The number of methoxy groups -OCH3 is 1. The van der Waals surface area contributed by atoms with Gasteiger partial charge in [0.15, 0.2) is 0 Å². The van der Waals surface area contributed by atoms with Gasteiger partial charge in [-0.1, -0.05) is 13.8 Å². The fourth-order valence-corrected chi connectivity index (χ4v) is 4.63. The van der Waals surface area contributed by atoms with Crippen molar-refractivity contribution in [2.75, 3.05) is 38.2 Å². The van der Waals surface area contributed by atoms with E-state index in [-0.39, 0.29) is 29.9 Å². The van der Waals surface area contributed by atoms with Crippen LogP contribution in [0.1, 0.15) is 52.4 Å². The largest absolute Gasteiger partial charge is 0.497 e. The number of carbonyl (C=O) groups is 2. The number of likely N-dealkylation sites (tertiary alicyclic amines) is 1. The van der Waals surface area contributed by atoms with Crippen LogP contribution in [0.15, 0.2) is 24.3 Å². The summed E-state index contributed by atoms with van der Waals surface area (Å²) in [4.78, 5) is 29.3. The summed E-state index contributed by atoms with van der Waals surface area (Å²) in [7, 11) is 1.67. The number of hydrogen-bond acceptors (Lipinski definition) is 4. The van der Waals surface area contributed by atoms with Gasteiger partial charge >= 0.3 is 6.03 Å². The predicted octanol–water partition coefficient (Wildman–Crippen LogP) is 3.39. The van der Waals surface area contributed by atoms with E-state index in [0.717, 1.165) is 70.5 Å². The zero-order valence-electron chi connectivity index (χ0n) is 19.2. The molecule has 0 aliphatic carbocycles. The normalized spacial score (nSPS) is 18.2. The van der Waals surface area contributed by atoms with Crippen LogP contribution < -0.4 is 20.3 Å². The van der Waals surface area contributed by atoms with Crippen LogP contribution >= 0.6 is 0 Å². The molecule has 0 atom stereocenters. The van der Waals surface area contributed by atoms with Crippen molar-refractivity contribution in [1.29, 1.82) is 0 Å². The third kappa shape index (κ3) is 6.28. The Hall–Kier alpha value is -2.44. The number of urea groups is 1. The number of benzene rings is 1. The van der Waals surface area contributed by atoms with Gasteiger partial charge < -0.3 is 25.2 Å². The second-order valence-electron chi connectivity index (χ2n) is 8.69. The van der Waals surface area contributed by atoms with Crippen molar-refractivity contribution >= 4 is 17.6 Å². The standard InChI is InChI=1S/C24H38N4O3/c1-4-18(5-2)23(29)28-16-12-20(13-17-28)26-24(30)25-19-10-14-27(15-11-19)21-6-8-22(31-3)9-7-21/h6-9,18-20H,4-5,10-17H2,1-3H3,(H2,25,26,30). The number of anilines is 1. The molecule has 2 saturated heterocycles. The van der Waals surface area contributed by atoms with E-state index in [1.807, 2.05) is 17.0 Å². The zero-order chi connectivity index (χ0) is 22.2. The van der Waals surface area contributed by atoms with Crippen LogP contribution in [-0.4, -0.2) is 62.2 Å². The summed E-state index contributed by atoms with van der Waals surface area (Å²) < 4.78 is 5.23. The molecule has 172 valence electrons. The average molecular weight is 431 g/mol. The van der Waals surface area contributed by atoms with Crippen LogP contribution in [0.3, 0.4) is 0 Å². The van der Waals surface area contributed by atoms with Crippen molar-refractivity contribution in [3.63, 3.8) is 0 Å². The highest BCUT2D eigenvalue weighted by Crippen LogP contribution is 2.23. The minimum absolute atomic E-state index is 0.0762. The number of nitrogens with one attached hydrogen (secondary N) is 2. The molecule has 2 fully saturated rings. The molecule has 3 amide bonds. The third-order valence-electron chi connectivity index (χ3n) is 6.74. The summed E-state index contributed by atoms with van der Waals surface area (Å²) in [5.74, 6) is 1.27. The molecular weight excluding hydrogens is 392 g/mol. The minimum atomic E-state index is -0.0762. The van der Waals surface area contributed by atoms with Gasteiger partial charge in [0.25, 0.3) is 0 Å². The lowest BCUT2D eigenvalue weighted by Crippen LogP contribution is -2.53. The van der Waals surface area contributed by atoms with Crippen molar-refractivity contribution in [2.24, 2.45) is 5.92 Å².